The molecule has 0 fully saturated rings. The van der Waals surface area contributed by atoms with Crippen molar-refractivity contribution in [3.63, 3.8) is 0 Å². The van der Waals surface area contributed by atoms with Crippen LogP contribution in [0.2, 0.25) is 0 Å². The van der Waals surface area contributed by atoms with Crippen LogP contribution in [0.5, 0.6) is 0 Å². The summed E-state index contributed by atoms with van der Waals surface area (Å²) in [5.41, 5.74) is 0. The van der Waals surface area contributed by atoms with Crippen molar-refractivity contribution >= 4 is 6.09 Å². The van der Waals surface area contributed by atoms with Gasteiger partial charge in [0.15, 0.2) is 0 Å². The highest BCUT2D eigenvalue weighted by molar-refractivity contribution is 5.62. The lowest BCUT2D eigenvalue weighted by Crippen LogP contribution is -2.46. The maximum absolute atomic E-state index is 10.9. The van der Waals surface area contributed by atoms with Gasteiger partial charge in [0.2, 0.25) is 0 Å². The molecule has 0 bridgehead atoms. The molecule has 0 radical (unpaired) electrons. The van der Waals surface area contributed by atoms with Crippen LogP contribution in [0.1, 0.15) is 47.0 Å². The molecule has 4 heteroatoms. The van der Waals surface area contributed by atoms with E-state index in [4.69, 9.17) is 0 Å². The van der Waals surface area contributed by atoms with Crippen molar-refractivity contribution in [3.05, 3.63) is 0 Å². The van der Waals surface area contributed by atoms with Crippen LogP contribution in [-0.2, 0) is 0 Å². The first-order valence-electron chi connectivity index (χ1n) is 6.76. The van der Waals surface area contributed by atoms with Crippen LogP contribution in [0, 0.1) is 0 Å². The third kappa shape index (κ3) is 6.51. The summed E-state index contributed by atoms with van der Waals surface area (Å²) in [5, 5.41) is 10.9. The smallest absolute Gasteiger partial charge is 0.137 e. The topological polar surface area (TPSA) is 46.6 Å². The third-order valence-corrected chi connectivity index (χ3v) is 3.22. The van der Waals surface area contributed by atoms with E-state index >= 15 is 0 Å². The number of hydrogen-bond donors (Lipinski definition) is 0. The fraction of sp³-hybridized carbons (Fsp3) is 0.923. The minimum atomic E-state index is -1.04. The van der Waals surface area contributed by atoms with E-state index in [2.05, 4.69) is 18.7 Å². The van der Waals surface area contributed by atoms with Crippen LogP contribution in [0.25, 0.3) is 0 Å². The average Bonchev–Trinajstić information content (AvgIpc) is 2.31. The van der Waals surface area contributed by atoms with E-state index in [1.165, 1.54) is 4.90 Å². The van der Waals surface area contributed by atoms with E-state index in [-0.39, 0.29) is 6.04 Å². The summed E-state index contributed by atoms with van der Waals surface area (Å²) >= 11 is 0. The van der Waals surface area contributed by atoms with Gasteiger partial charge in [-0.15, -0.1) is 0 Å². The first-order chi connectivity index (χ1) is 8.06. The molecule has 0 aliphatic heterocycles. The number of carbonyl (C=O) groups is 1. The summed E-state index contributed by atoms with van der Waals surface area (Å²) in [4.78, 5) is 14.7. The van der Waals surface area contributed by atoms with Gasteiger partial charge in [-0.25, -0.2) is 0 Å². The molecular weight excluding hydrogens is 216 g/mol. The Morgan fingerprint density at radius 3 is 2.18 bits per heavy atom. The molecule has 0 aliphatic rings. The van der Waals surface area contributed by atoms with Crippen molar-refractivity contribution in [2.45, 2.75) is 53.0 Å². The van der Waals surface area contributed by atoms with Crippen LogP contribution in [0.3, 0.4) is 0 Å². The molecule has 0 aliphatic carbocycles. The molecule has 4 nitrogen and oxygen atoms in total. The zero-order valence-corrected chi connectivity index (χ0v) is 11.7. The van der Waals surface area contributed by atoms with Gasteiger partial charge in [-0.05, 0) is 45.8 Å². The standard InChI is InChI=1S/C13H28N2O2/c1-5-10-15(13(16)17)12(4)9-8-11-14(6-2)7-3/h12H,5-11H2,1-4H3,(H,16,17)/p-1. The number of carbonyl (C=O) groups excluding carboxylic acids is 1. The van der Waals surface area contributed by atoms with E-state index in [0.717, 1.165) is 38.9 Å². The van der Waals surface area contributed by atoms with Gasteiger partial charge in [-0.2, -0.15) is 0 Å². The maximum atomic E-state index is 10.9. The molecule has 0 saturated heterocycles. The van der Waals surface area contributed by atoms with Crippen molar-refractivity contribution in [3.8, 4) is 0 Å². The first kappa shape index (κ1) is 16.2. The van der Waals surface area contributed by atoms with Crippen molar-refractivity contribution in [2.75, 3.05) is 26.2 Å². The fourth-order valence-electron chi connectivity index (χ4n) is 2.04. The number of hydrogen-bond acceptors (Lipinski definition) is 3. The van der Waals surface area contributed by atoms with Crippen LogP contribution >= 0.6 is 0 Å². The lowest BCUT2D eigenvalue weighted by atomic mass is 10.1. The van der Waals surface area contributed by atoms with Gasteiger partial charge in [-0.1, -0.05) is 20.8 Å². The van der Waals surface area contributed by atoms with E-state index < -0.39 is 6.09 Å². The van der Waals surface area contributed by atoms with Crippen LogP contribution in [0.15, 0.2) is 0 Å². The molecule has 0 aromatic heterocycles. The van der Waals surface area contributed by atoms with Gasteiger partial charge in [0.25, 0.3) is 0 Å². The predicted octanol–water partition coefficient (Wildman–Crippen LogP) is 1.55. The van der Waals surface area contributed by atoms with E-state index in [0.29, 0.717) is 6.54 Å². The van der Waals surface area contributed by atoms with Crippen LogP contribution in [-0.4, -0.2) is 48.1 Å². The van der Waals surface area contributed by atoms with Gasteiger partial charge in [0.05, 0.1) is 0 Å². The highest BCUT2D eigenvalue weighted by atomic mass is 16.4. The Bertz CT molecular complexity index is 206. The number of carboxylic acid groups (broad SMARTS) is 1. The van der Waals surface area contributed by atoms with Crippen molar-refractivity contribution in [1.29, 1.82) is 0 Å². The fourth-order valence-corrected chi connectivity index (χ4v) is 2.04. The first-order valence-corrected chi connectivity index (χ1v) is 6.76. The molecule has 0 aromatic rings. The van der Waals surface area contributed by atoms with E-state index in [9.17, 15) is 9.90 Å². The highest BCUT2D eigenvalue weighted by Gasteiger charge is 2.12. The monoisotopic (exact) mass is 243 g/mol. The summed E-state index contributed by atoms with van der Waals surface area (Å²) in [7, 11) is 0. The Kier molecular flexibility index (Phi) is 8.86. The third-order valence-electron chi connectivity index (χ3n) is 3.22. The molecule has 0 heterocycles. The zero-order chi connectivity index (χ0) is 13.3. The van der Waals surface area contributed by atoms with Gasteiger partial charge < -0.3 is 19.7 Å². The molecule has 0 saturated carbocycles. The number of amides is 1. The number of rotatable bonds is 9. The molecular formula is C13H27N2O2-. The summed E-state index contributed by atoms with van der Waals surface area (Å²) in [6.07, 6.45) is 1.75. The number of nitrogens with zero attached hydrogens (tertiary/aromatic N) is 2. The molecule has 17 heavy (non-hydrogen) atoms. The Balaban J connectivity index is 3.96. The SMILES string of the molecule is CCCN(C(=O)[O-])C(C)CCCN(CC)CC. The van der Waals surface area contributed by atoms with Crippen molar-refractivity contribution < 1.29 is 9.90 Å². The van der Waals surface area contributed by atoms with Gasteiger partial charge in [0.1, 0.15) is 6.09 Å². The van der Waals surface area contributed by atoms with Crippen LogP contribution in [0.4, 0.5) is 4.79 Å². The second-order valence-electron chi connectivity index (χ2n) is 4.48. The molecule has 0 rings (SSSR count). The average molecular weight is 243 g/mol. The molecule has 0 aromatic carbocycles. The molecule has 1 amide bonds. The predicted molar refractivity (Wildman–Crippen MR) is 68.9 cm³/mol. The maximum Gasteiger partial charge on any atom is 0.137 e. The Hall–Kier alpha value is -0.770. The lowest BCUT2D eigenvalue weighted by Gasteiger charge is -2.31. The Morgan fingerprint density at radius 2 is 1.76 bits per heavy atom. The summed E-state index contributed by atoms with van der Waals surface area (Å²) < 4.78 is 0. The molecule has 0 N–H and O–H groups in total. The largest absolute Gasteiger partial charge is 0.530 e. The Labute approximate surface area is 106 Å². The summed E-state index contributed by atoms with van der Waals surface area (Å²) in [5.74, 6) is 0. The van der Waals surface area contributed by atoms with Gasteiger partial charge >= 0.3 is 0 Å². The molecule has 102 valence electrons. The minimum absolute atomic E-state index is 0.0653. The molecule has 1 unspecified atom stereocenters. The highest BCUT2D eigenvalue weighted by Crippen LogP contribution is 2.08. The minimum Gasteiger partial charge on any atom is -0.530 e. The van der Waals surface area contributed by atoms with Crippen molar-refractivity contribution in [2.24, 2.45) is 0 Å². The van der Waals surface area contributed by atoms with Crippen molar-refractivity contribution in [1.82, 2.24) is 9.80 Å². The van der Waals surface area contributed by atoms with Gasteiger partial charge in [-0.3, -0.25) is 0 Å². The van der Waals surface area contributed by atoms with E-state index in [1.807, 2.05) is 13.8 Å². The lowest BCUT2D eigenvalue weighted by molar-refractivity contribution is -0.267. The zero-order valence-electron chi connectivity index (χ0n) is 11.7. The summed E-state index contributed by atoms with van der Waals surface area (Å²) in [6.45, 7) is 12.0. The second-order valence-corrected chi connectivity index (χ2v) is 4.48. The summed E-state index contributed by atoms with van der Waals surface area (Å²) in [6, 6.07) is 0.0653. The van der Waals surface area contributed by atoms with E-state index in [1.54, 1.807) is 0 Å². The molecule has 1 atom stereocenters. The Morgan fingerprint density at radius 1 is 1.18 bits per heavy atom. The van der Waals surface area contributed by atoms with Crippen LogP contribution < -0.4 is 5.11 Å². The molecule has 0 spiro atoms. The second kappa shape index (κ2) is 9.28. The normalized spacial score (nSPS) is 12.8. The quantitative estimate of drug-likeness (QED) is 0.617. The van der Waals surface area contributed by atoms with Gasteiger partial charge in [0, 0.05) is 12.6 Å².